The number of benzene rings is 4. The van der Waals surface area contributed by atoms with Crippen LogP contribution in [0.4, 0.5) is 8.78 Å². The van der Waals surface area contributed by atoms with Crippen molar-refractivity contribution >= 4 is 37.6 Å². The fourth-order valence-corrected chi connectivity index (χ4v) is 5.10. The zero-order valence-corrected chi connectivity index (χ0v) is 22.2. The smallest absolute Gasteiger partial charge is 0.149 e. The largest absolute Gasteiger partial charge is 0.457 e. The molecule has 0 fully saturated rings. The van der Waals surface area contributed by atoms with E-state index in [1.807, 2.05) is 24.3 Å². The van der Waals surface area contributed by atoms with E-state index < -0.39 is 0 Å². The summed E-state index contributed by atoms with van der Waals surface area (Å²) >= 11 is 7.01. The number of alkyl halides is 2. The summed E-state index contributed by atoms with van der Waals surface area (Å²) in [5.41, 5.74) is 1.73. The molecule has 0 N–H and O–H groups in total. The van der Waals surface area contributed by atoms with Crippen LogP contribution in [0.15, 0.2) is 97.1 Å². The monoisotopic (exact) mass is 614 g/mol. The number of hydrogen-bond donors (Lipinski definition) is 0. The molecule has 2 atom stereocenters. The van der Waals surface area contributed by atoms with Gasteiger partial charge in [0.1, 0.15) is 40.4 Å². The van der Waals surface area contributed by atoms with Crippen molar-refractivity contribution in [3.63, 3.8) is 0 Å². The maximum Gasteiger partial charge on any atom is 0.149 e. The highest BCUT2D eigenvalue weighted by Gasteiger charge is 2.28. The van der Waals surface area contributed by atoms with Crippen molar-refractivity contribution in [3.05, 3.63) is 120 Å². The molecule has 0 aliphatic heterocycles. The molecular weight excluding hydrogens is 594 g/mol. The summed E-state index contributed by atoms with van der Waals surface area (Å²) < 4.78 is 37.7. The molecule has 2 unspecified atom stereocenters. The van der Waals surface area contributed by atoms with Gasteiger partial charge in [-0.1, -0.05) is 56.1 Å². The average Bonchev–Trinajstić information content (AvgIpc) is 2.90. The van der Waals surface area contributed by atoms with Gasteiger partial charge in [0, 0.05) is 10.7 Å². The van der Waals surface area contributed by atoms with E-state index in [0.29, 0.717) is 33.7 Å². The van der Waals surface area contributed by atoms with Crippen LogP contribution < -0.4 is 9.47 Å². The third kappa shape index (κ3) is 6.59. The number of halogens is 4. The van der Waals surface area contributed by atoms with E-state index in [-0.39, 0.29) is 29.3 Å². The van der Waals surface area contributed by atoms with Crippen molar-refractivity contribution in [1.82, 2.24) is 0 Å². The third-order valence-electron chi connectivity index (χ3n) is 5.66. The number of carbonyl (C=O) groups is 1. The minimum absolute atomic E-state index is 0.0724. The lowest BCUT2D eigenvalue weighted by molar-refractivity contribution is -0.121. The molecule has 7 heteroatoms. The van der Waals surface area contributed by atoms with Crippen LogP contribution in [0.3, 0.4) is 0 Å². The first-order chi connectivity index (χ1) is 17.5. The van der Waals surface area contributed by atoms with Crippen LogP contribution in [0.2, 0.25) is 0 Å². The first-order valence-electron chi connectivity index (χ1n) is 11.2. The number of ether oxygens (including phenoxy) is 2. The fourth-order valence-electron chi connectivity index (χ4n) is 3.72. The van der Waals surface area contributed by atoms with Gasteiger partial charge in [0.2, 0.25) is 0 Å². The first-order valence-corrected chi connectivity index (χ1v) is 13.4. The van der Waals surface area contributed by atoms with Gasteiger partial charge in [-0.2, -0.15) is 0 Å². The minimum Gasteiger partial charge on any atom is -0.457 e. The molecule has 0 aliphatic rings. The first kappa shape index (κ1) is 26.0. The molecule has 0 aliphatic carbocycles. The summed E-state index contributed by atoms with van der Waals surface area (Å²) in [7, 11) is 0. The second-order valence-electron chi connectivity index (χ2n) is 8.07. The Morgan fingerprint density at radius 2 is 0.833 bits per heavy atom. The molecule has 0 saturated carbocycles. The molecule has 3 nitrogen and oxygen atoms in total. The summed E-state index contributed by atoms with van der Waals surface area (Å²) in [5.74, 6) is 0.959. The molecule has 36 heavy (non-hydrogen) atoms. The molecule has 4 aromatic carbocycles. The number of carbonyl (C=O) groups excluding carboxylic acids is 1. The van der Waals surface area contributed by atoms with Gasteiger partial charge in [-0.15, -0.1) is 0 Å². The van der Waals surface area contributed by atoms with E-state index in [1.165, 1.54) is 24.3 Å². The lowest BCUT2D eigenvalue weighted by atomic mass is 9.86. The normalized spacial score (nSPS) is 12.6. The van der Waals surface area contributed by atoms with E-state index >= 15 is 0 Å². The topological polar surface area (TPSA) is 35.5 Å². The second kappa shape index (κ2) is 12.3. The van der Waals surface area contributed by atoms with Crippen LogP contribution in [0, 0.1) is 11.6 Å². The minimum atomic E-state index is -0.359. The lowest BCUT2D eigenvalue weighted by Gasteiger charge is -2.21. The summed E-state index contributed by atoms with van der Waals surface area (Å²) in [4.78, 5) is 13.5. The predicted molar refractivity (Wildman–Crippen MR) is 144 cm³/mol. The highest BCUT2D eigenvalue weighted by molar-refractivity contribution is 9.09. The SMILES string of the molecule is O=C(C(CBr)c1ccc(Oc2ccc(F)cc2)cc1)C(CBr)c1ccc(Oc2ccc(F)cc2)cc1. The number of ketones is 1. The maximum atomic E-state index is 13.5. The zero-order chi connectivity index (χ0) is 25.5. The van der Waals surface area contributed by atoms with Gasteiger partial charge in [-0.25, -0.2) is 8.78 Å². The Hall–Kier alpha value is -3.03. The van der Waals surface area contributed by atoms with Crippen LogP contribution in [0.25, 0.3) is 0 Å². The van der Waals surface area contributed by atoms with E-state index in [1.54, 1.807) is 48.5 Å². The fraction of sp³-hybridized carbons (Fsp3) is 0.138. The molecule has 4 aromatic rings. The van der Waals surface area contributed by atoms with E-state index in [2.05, 4.69) is 31.9 Å². The van der Waals surface area contributed by atoms with Gasteiger partial charge in [-0.05, 0) is 83.9 Å². The Bertz CT molecular complexity index is 1180. The van der Waals surface area contributed by atoms with Crippen molar-refractivity contribution in [2.24, 2.45) is 0 Å². The Morgan fingerprint density at radius 1 is 0.556 bits per heavy atom. The van der Waals surface area contributed by atoms with E-state index in [0.717, 1.165) is 11.1 Å². The highest BCUT2D eigenvalue weighted by Crippen LogP contribution is 2.32. The quantitative estimate of drug-likeness (QED) is 0.167. The summed E-state index contributed by atoms with van der Waals surface area (Å²) in [6, 6.07) is 26.3. The van der Waals surface area contributed by atoms with Gasteiger partial charge in [0.15, 0.2) is 0 Å². The van der Waals surface area contributed by atoms with Crippen molar-refractivity contribution < 1.29 is 23.0 Å². The molecule has 0 heterocycles. The molecular formula is C29H22Br2F2O3. The van der Waals surface area contributed by atoms with Gasteiger partial charge in [0.05, 0.1) is 11.8 Å². The number of Topliss-reactive ketones (excluding diaryl/α,β-unsaturated/α-hetero) is 1. The molecule has 0 spiro atoms. The van der Waals surface area contributed by atoms with Gasteiger partial charge in [0.25, 0.3) is 0 Å². The summed E-state index contributed by atoms with van der Waals surface area (Å²) in [6.45, 7) is 0. The summed E-state index contributed by atoms with van der Waals surface area (Å²) in [6.07, 6.45) is 0. The standard InChI is InChI=1S/C29H22Br2F2O3/c30-17-27(19-1-9-23(10-2-19)35-25-13-5-21(32)6-14-25)29(34)28(18-31)20-3-11-24(12-4-20)36-26-15-7-22(33)8-16-26/h1-16,27-28H,17-18H2. The maximum absolute atomic E-state index is 13.5. The predicted octanol–water partition coefficient (Wildman–Crippen LogP) is 8.78. The van der Waals surface area contributed by atoms with Gasteiger partial charge >= 0.3 is 0 Å². The molecule has 0 saturated heterocycles. The molecule has 0 amide bonds. The van der Waals surface area contributed by atoms with Crippen LogP contribution in [0.5, 0.6) is 23.0 Å². The average molecular weight is 616 g/mol. The van der Waals surface area contributed by atoms with Crippen molar-refractivity contribution in [2.45, 2.75) is 11.8 Å². The zero-order valence-electron chi connectivity index (χ0n) is 19.0. The molecule has 4 rings (SSSR count). The van der Waals surface area contributed by atoms with Gasteiger partial charge in [-0.3, -0.25) is 4.79 Å². The van der Waals surface area contributed by atoms with E-state index in [9.17, 15) is 13.6 Å². The molecule has 0 bridgehead atoms. The molecule has 0 aromatic heterocycles. The Kier molecular flexibility index (Phi) is 8.88. The van der Waals surface area contributed by atoms with Crippen LogP contribution in [-0.2, 0) is 4.79 Å². The van der Waals surface area contributed by atoms with Crippen molar-refractivity contribution in [3.8, 4) is 23.0 Å². The highest BCUT2D eigenvalue weighted by atomic mass is 79.9. The lowest BCUT2D eigenvalue weighted by Crippen LogP contribution is -2.23. The molecule has 0 radical (unpaired) electrons. The van der Waals surface area contributed by atoms with Crippen LogP contribution in [-0.4, -0.2) is 16.4 Å². The Labute approximate surface area is 225 Å². The summed E-state index contributed by atoms with van der Waals surface area (Å²) in [5, 5.41) is 0.943. The second-order valence-corrected chi connectivity index (χ2v) is 9.36. The van der Waals surface area contributed by atoms with E-state index in [4.69, 9.17) is 9.47 Å². The van der Waals surface area contributed by atoms with Crippen molar-refractivity contribution in [1.29, 1.82) is 0 Å². The number of hydrogen-bond acceptors (Lipinski definition) is 3. The van der Waals surface area contributed by atoms with Crippen molar-refractivity contribution in [2.75, 3.05) is 10.7 Å². The molecule has 184 valence electrons. The third-order valence-corrected chi connectivity index (χ3v) is 6.95. The number of rotatable bonds is 10. The van der Waals surface area contributed by atoms with Crippen LogP contribution in [0.1, 0.15) is 23.0 Å². The Balaban J connectivity index is 1.45. The Morgan fingerprint density at radius 3 is 1.11 bits per heavy atom. The van der Waals surface area contributed by atoms with Gasteiger partial charge < -0.3 is 9.47 Å². The van der Waals surface area contributed by atoms with Crippen LogP contribution >= 0.6 is 31.9 Å².